The molecule has 0 aromatic carbocycles. The number of ether oxygens (including phenoxy) is 3. The van der Waals surface area contributed by atoms with Crippen LogP contribution in [-0.4, -0.2) is 37.2 Å². The summed E-state index contributed by atoms with van der Waals surface area (Å²) in [6, 6.07) is 0. The molecule has 0 spiro atoms. The van der Waals surface area contributed by atoms with Gasteiger partial charge in [-0.15, -0.1) is 0 Å². The van der Waals surface area contributed by atoms with Crippen molar-refractivity contribution in [1.29, 1.82) is 0 Å². The highest BCUT2D eigenvalue weighted by molar-refractivity contribution is 5.71. The summed E-state index contributed by atoms with van der Waals surface area (Å²) in [5.41, 5.74) is 0. The molecule has 0 fully saturated rings. The van der Waals surface area contributed by atoms with Crippen LogP contribution in [0.5, 0.6) is 0 Å². The number of carbonyl (C=O) groups is 3. The average molecular weight is 954 g/mol. The minimum Gasteiger partial charge on any atom is -0.462 e. The van der Waals surface area contributed by atoms with Gasteiger partial charge in [0.1, 0.15) is 13.2 Å². The molecule has 0 aliphatic carbocycles. The third-order valence-corrected chi connectivity index (χ3v) is 13.1. The first-order valence-corrected chi connectivity index (χ1v) is 29.6. The molecule has 0 bridgehead atoms. The van der Waals surface area contributed by atoms with E-state index in [4.69, 9.17) is 14.2 Å². The summed E-state index contributed by atoms with van der Waals surface area (Å²) in [7, 11) is 0. The molecule has 68 heavy (non-hydrogen) atoms. The summed E-state index contributed by atoms with van der Waals surface area (Å²) >= 11 is 0. The predicted molar refractivity (Wildman–Crippen MR) is 293 cm³/mol. The third-order valence-electron chi connectivity index (χ3n) is 13.1. The highest BCUT2D eigenvalue weighted by atomic mass is 16.6. The molecule has 0 heterocycles. The van der Waals surface area contributed by atoms with E-state index < -0.39 is 6.10 Å². The fourth-order valence-corrected chi connectivity index (χ4v) is 8.67. The smallest absolute Gasteiger partial charge is 0.306 e. The van der Waals surface area contributed by atoms with Crippen molar-refractivity contribution in [2.75, 3.05) is 13.2 Å². The first kappa shape index (κ1) is 65.4. The molecule has 0 amide bonds. The number of esters is 3. The molecular formula is C62H112O6. The molecular weight excluding hydrogens is 841 g/mol. The van der Waals surface area contributed by atoms with Gasteiger partial charge in [0.2, 0.25) is 0 Å². The maximum atomic E-state index is 12.9. The Balaban J connectivity index is 4.35. The van der Waals surface area contributed by atoms with Crippen LogP contribution >= 0.6 is 0 Å². The van der Waals surface area contributed by atoms with Gasteiger partial charge in [0.05, 0.1) is 0 Å². The Kier molecular flexibility index (Phi) is 54.8. The molecule has 0 radical (unpaired) electrons. The Hall–Kier alpha value is -2.63. The van der Waals surface area contributed by atoms with E-state index in [0.29, 0.717) is 19.3 Å². The molecule has 6 nitrogen and oxygen atoms in total. The van der Waals surface area contributed by atoms with Crippen LogP contribution in [0.25, 0.3) is 0 Å². The summed E-state index contributed by atoms with van der Waals surface area (Å²) in [5, 5.41) is 0. The lowest BCUT2D eigenvalue weighted by Gasteiger charge is -2.18. The Bertz CT molecular complexity index is 1190. The van der Waals surface area contributed by atoms with Crippen molar-refractivity contribution in [2.24, 2.45) is 0 Å². The molecule has 0 N–H and O–H groups in total. The van der Waals surface area contributed by atoms with Gasteiger partial charge in [0, 0.05) is 19.3 Å². The van der Waals surface area contributed by atoms with Gasteiger partial charge in [0.25, 0.3) is 0 Å². The van der Waals surface area contributed by atoms with Gasteiger partial charge in [-0.1, -0.05) is 281 Å². The van der Waals surface area contributed by atoms with Crippen molar-refractivity contribution in [2.45, 2.75) is 316 Å². The van der Waals surface area contributed by atoms with Gasteiger partial charge in [-0.05, 0) is 57.8 Å². The quantitative estimate of drug-likeness (QED) is 0.0262. The van der Waals surface area contributed by atoms with Crippen molar-refractivity contribution < 1.29 is 28.6 Å². The molecule has 0 aliphatic rings. The molecule has 0 aliphatic heterocycles. The van der Waals surface area contributed by atoms with Gasteiger partial charge >= 0.3 is 17.9 Å². The van der Waals surface area contributed by atoms with Crippen molar-refractivity contribution >= 4 is 17.9 Å². The summed E-state index contributed by atoms with van der Waals surface area (Å²) in [4.78, 5) is 38.2. The van der Waals surface area contributed by atoms with Crippen LogP contribution in [0, 0.1) is 0 Å². The molecule has 1 atom stereocenters. The summed E-state index contributed by atoms with van der Waals surface area (Å²) in [5.74, 6) is -0.869. The van der Waals surface area contributed by atoms with Crippen LogP contribution in [0.2, 0.25) is 0 Å². The van der Waals surface area contributed by atoms with Gasteiger partial charge in [0.15, 0.2) is 6.10 Å². The second kappa shape index (κ2) is 57.0. The van der Waals surface area contributed by atoms with E-state index in [1.54, 1.807) is 0 Å². The van der Waals surface area contributed by atoms with Crippen LogP contribution < -0.4 is 0 Å². The highest BCUT2D eigenvalue weighted by Crippen LogP contribution is 2.17. The molecule has 6 heteroatoms. The monoisotopic (exact) mass is 953 g/mol. The fraction of sp³-hybridized carbons (Fsp3) is 0.823. The van der Waals surface area contributed by atoms with Gasteiger partial charge in [-0.25, -0.2) is 0 Å². The molecule has 0 saturated heterocycles. The summed E-state index contributed by atoms with van der Waals surface area (Å²) < 4.78 is 16.9. The zero-order valence-electron chi connectivity index (χ0n) is 45.4. The van der Waals surface area contributed by atoms with Crippen LogP contribution in [-0.2, 0) is 28.6 Å². The molecule has 396 valence electrons. The van der Waals surface area contributed by atoms with Crippen molar-refractivity contribution in [3.63, 3.8) is 0 Å². The SMILES string of the molecule is CC/C=C\C/C=C\C/C=C\C/C=C\CCCCCCCCC(=O)OCC(COC(=O)CCCCCCCCCCCCCCC)OC(=O)CCCCCCCCCCCCCCCCCCCC. The lowest BCUT2D eigenvalue weighted by molar-refractivity contribution is -0.167. The predicted octanol–water partition coefficient (Wildman–Crippen LogP) is 19.8. The maximum Gasteiger partial charge on any atom is 0.306 e. The lowest BCUT2D eigenvalue weighted by Crippen LogP contribution is -2.30. The van der Waals surface area contributed by atoms with Gasteiger partial charge in [-0.3, -0.25) is 14.4 Å². The van der Waals surface area contributed by atoms with Crippen LogP contribution in [0.1, 0.15) is 310 Å². The van der Waals surface area contributed by atoms with E-state index in [-0.39, 0.29) is 31.1 Å². The molecule has 0 saturated carbocycles. The van der Waals surface area contributed by atoms with Crippen LogP contribution in [0.15, 0.2) is 48.6 Å². The number of hydrogen-bond donors (Lipinski definition) is 0. The molecule has 0 aromatic heterocycles. The number of unbranched alkanes of at least 4 members (excludes halogenated alkanes) is 35. The average Bonchev–Trinajstić information content (AvgIpc) is 3.34. The number of hydrogen-bond acceptors (Lipinski definition) is 6. The largest absolute Gasteiger partial charge is 0.462 e. The summed E-state index contributed by atoms with van der Waals surface area (Å²) in [6.07, 6.45) is 69.6. The first-order chi connectivity index (χ1) is 33.5. The van der Waals surface area contributed by atoms with Crippen molar-refractivity contribution in [3.05, 3.63) is 48.6 Å². The topological polar surface area (TPSA) is 78.9 Å². The standard InChI is InChI=1S/C62H112O6/c1-4-7-10-13-16-19-22-25-27-29-31-33-34-37-40-43-46-49-52-55-61(64)67-58-59(57-66-60(63)54-51-48-45-42-39-36-24-21-18-15-12-9-6-3)68-62(65)56-53-50-47-44-41-38-35-32-30-28-26-23-20-17-14-11-8-5-2/h7,10,16,19,25,27,31,33,59H,4-6,8-9,11-15,17-18,20-24,26,28-30,32,34-58H2,1-3H3/b10-7-,19-16-,27-25-,33-31-. The first-order valence-electron chi connectivity index (χ1n) is 29.6. The maximum absolute atomic E-state index is 12.9. The highest BCUT2D eigenvalue weighted by Gasteiger charge is 2.19. The lowest BCUT2D eigenvalue weighted by atomic mass is 10.0. The third kappa shape index (κ3) is 54.3. The Morgan fingerprint density at radius 2 is 0.574 bits per heavy atom. The van der Waals surface area contributed by atoms with E-state index in [0.717, 1.165) is 89.9 Å². The zero-order chi connectivity index (χ0) is 49.3. The van der Waals surface area contributed by atoms with E-state index in [1.807, 2.05) is 0 Å². The fourth-order valence-electron chi connectivity index (χ4n) is 8.67. The van der Waals surface area contributed by atoms with Crippen LogP contribution in [0.4, 0.5) is 0 Å². The molecule has 0 rings (SSSR count). The zero-order valence-corrected chi connectivity index (χ0v) is 45.4. The molecule has 1 unspecified atom stereocenters. The van der Waals surface area contributed by atoms with E-state index in [1.165, 1.54) is 180 Å². The minimum absolute atomic E-state index is 0.0731. The number of allylic oxidation sites excluding steroid dienone is 8. The van der Waals surface area contributed by atoms with E-state index >= 15 is 0 Å². The van der Waals surface area contributed by atoms with Gasteiger partial charge in [-0.2, -0.15) is 0 Å². The van der Waals surface area contributed by atoms with Crippen LogP contribution in [0.3, 0.4) is 0 Å². The number of carbonyl (C=O) groups excluding carboxylic acids is 3. The van der Waals surface area contributed by atoms with Crippen molar-refractivity contribution in [1.82, 2.24) is 0 Å². The second-order valence-corrected chi connectivity index (χ2v) is 19.9. The normalized spacial score (nSPS) is 12.3. The second-order valence-electron chi connectivity index (χ2n) is 19.9. The Morgan fingerprint density at radius 3 is 0.897 bits per heavy atom. The Morgan fingerprint density at radius 1 is 0.309 bits per heavy atom. The molecule has 0 aromatic rings. The van der Waals surface area contributed by atoms with Gasteiger partial charge < -0.3 is 14.2 Å². The summed E-state index contributed by atoms with van der Waals surface area (Å²) in [6.45, 7) is 6.56. The van der Waals surface area contributed by atoms with E-state index in [2.05, 4.69) is 69.4 Å². The van der Waals surface area contributed by atoms with E-state index in [9.17, 15) is 14.4 Å². The minimum atomic E-state index is -0.775. The van der Waals surface area contributed by atoms with Crippen molar-refractivity contribution in [3.8, 4) is 0 Å². The Labute approximate surface area is 422 Å². The number of rotatable bonds is 54.